The summed E-state index contributed by atoms with van der Waals surface area (Å²) in [6, 6.07) is 8.69. The van der Waals surface area contributed by atoms with Crippen LogP contribution < -0.4 is 0 Å². The van der Waals surface area contributed by atoms with Crippen molar-refractivity contribution in [1.29, 1.82) is 0 Å². The van der Waals surface area contributed by atoms with E-state index in [1.54, 1.807) is 0 Å². The van der Waals surface area contributed by atoms with Gasteiger partial charge in [0.15, 0.2) is 0 Å². The molecule has 0 N–H and O–H groups in total. The summed E-state index contributed by atoms with van der Waals surface area (Å²) in [6.45, 7) is 0.772. The van der Waals surface area contributed by atoms with Crippen molar-refractivity contribution in [3.05, 3.63) is 47.5 Å². The van der Waals surface area contributed by atoms with Crippen LogP contribution in [0.1, 0.15) is 24.0 Å². The second-order valence-electron chi connectivity index (χ2n) is 4.14. The molecule has 0 unspecified atom stereocenters. The Morgan fingerprint density at radius 3 is 2.93 bits per heavy atom. The molecule has 0 aromatic heterocycles. The van der Waals surface area contributed by atoms with Gasteiger partial charge in [-0.05, 0) is 30.4 Å². The van der Waals surface area contributed by atoms with E-state index >= 15 is 0 Å². The average molecular weight is 186 g/mol. The fraction of sp³-hybridized carbons (Fsp3) is 0.385. The fourth-order valence-electron chi connectivity index (χ4n) is 2.62. The lowest BCUT2D eigenvalue weighted by molar-refractivity contribution is -0.0399. The predicted octanol–water partition coefficient (Wildman–Crippen LogP) is 2.80. The Morgan fingerprint density at radius 1 is 1.14 bits per heavy atom. The monoisotopic (exact) mass is 186 g/mol. The zero-order valence-electron chi connectivity index (χ0n) is 8.20. The SMILES string of the molecule is C1=CC[C@]2(CCc3ccccc32)OC1. The lowest BCUT2D eigenvalue weighted by Gasteiger charge is -2.31. The van der Waals surface area contributed by atoms with Gasteiger partial charge in [0.2, 0.25) is 0 Å². The van der Waals surface area contributed by atoms with Crippen LogP contribution in [0.2, 0.25) is 0 Å². The van der Waals surface area contributed by atoms with Crippen LogP contribution in [0.25, 0.3) is 0 Å². The van der Waals surface area contributed by atoms with Crippen LogP contribution >= 0.6 is 0 Å². The van der Waals surface area contributed by atoms with Crippen molar-refractivity contribution in [2.75, 3.05) is 6.61 Å². The molecule has 14 heavy (non-hydrogen) atoms. The molecule has 1 nitrogen and oxygen atoms in total. The van der Waals surface area contributed by atoms with Crippen molar-refractivity contribution in [3.63, 3.8) is 0 Å². The number of hydrogen-bond donors (Lipinski definition) is 0. The first-order chi connectivity index (χ1) is 6.91. The number of aryl methyl sites for hydroxylation is 1. The highest BCUT2D eigenvalue weighted by molar-refractivity contribution is 5.38. The molecule has 72 valence electrons. The van der Waals surface area contributed by atoms with Crippen LogP contribution in [0.5, 0.6) is 0 Å². The molecule has 0 bridgehead atoms. The highest BCUT2D eigenvalue weighted by Gasteiger charge is 2.39. The van der Waals surface area contributed by atoms with E-state index in [-0.39, 0.29) is 5.60 Å². The molecule has 1 aliphatic heterocycles. The Labute approximate surface area is 84.4 Å². The van der Waals surface area contributed by atoms with Crippen LogP contribution in [0.4, 0.5) is 0 Å². The van der Waals surface area contributed by atoms with Gasteiger partial charge in [0.1, 0.15) is 0 Å². The predicted molar refractivity (Wildman–Crippen MR) is 56.2 cm³/mol. The van der Waals surface area contributed by atoms with Gasteiger partial charge in [-0.15, -0.1) is 0 Å². The lowest BCUT2D eigenvalue weighted by atomic mass is 9.90. The van der Waals surface area contributed by atoms with Gasteiger partial charge in [0.05, 0.1) is 12.2 Å². The van der Waals surface area contributed by atoms with E-state index < -0.39 is 0 Å². The molecule has 0 amide bonds. The molecule has 1 atom stereocenters. The third-order valence-electron chi connectivity index (χ3n) is 3.38. The van der Waals surface area contributed by atoms with E-state index in [2.05, 4.69) is 36.4 Å². The standard InChI is InChI=1S/C13H14O/c1-2-6-12-11(5-1)7-9-13(12)8-3-4-10-14-13/h1-6H,7-10H2/t13-/m1/s1. The number of fused-ring (bicyclic) bond motifs is 2. The Hall–Kier alpha value is -1.08. The van der Waals surface area contributed by atoms with Gasteiger partial charge in [-0.2, -0.15) is 0 Å². The van der Waals surface area contributed by atoms with Crippen LogP contribution in [0.15, 0.2) is 36.4 Å². The fourth-order valence-corrected chi connectivity index (χ4v) is 2.62. The highest BCUT2D eigenvalue weighted by Crippen LogP contribution is 2.43. The first-order valence-electron chi connectivity index (χ1n) is 5.28. The number of rotatable bonds is 0. The molecule has 1 spiro atoms. The number of benzene rings is 1. The Bertz CT molecular complexity index is 381. The minimum Gasteiger partial charge on any atom is -0.366 e. The topological polar surface area (TPSA) is 9.23 Å². The summed E-state index contributed by atoms with van der Waals surface area (Å²) >= 11 is 0. The zero-order chi connectivity index (χ0) is 9.43. The van der Waals surface area contributed by atoms with Gasteiger partial charge in [0.25, 0.3) is 0 Å². The van der Waals surface area contributed by atoms with Crippen molar-refractivity contribution in [2.45, 2.75) is 24.9 Å². The van der Waals surface area contributed by atoms with E-state index in [9.17, 15) is 0 Å². The minimum absolute atomic E-state index is 0.0192. The van der Waals surface area contributed by atoms with E-state index in [0.29, 0.717) is 0 Å². The Kier molecular flexibility index (Phi) is 1.74. The average Bonchev–Trinajstić information content (AvgIpc) is 2.60. The maximum Gasteiger partial charge on any atom is 0.0975 e. The third kappa shape index (κ3) is 1.05. The van der Waals surface area contributed by atoms with E-state index in [4.69, 9.17) is 4.74 Å². The molecular weight excluding hydrogens is 172 g/mol. The molecule has 0 saturated heterocycles. The summed E-state index contributed by atoms with van der Waals surface area (Å²) in [5.74, 6) is 0. The lowest BCUT2D eigenvalue weighted by Crippen LogP contribution is -2.28. The second kappa shape index (κ2) is 2.96. The number of hydrogen-bond acceptors (Lipinski definition) is 1. The minimum atomic E-state index is 0.0192. The molecule has 1 aromatic rings. The van der Waals surface area contributed by atoms with Crippen molar-refractivity contribution < 1.29 is 4.74 Å². The smallest absolute Gasteiger partial charge is 0.0975 e. The summed E-state index contributed by atoms with van der Waals surface area (Å²) < 4.78 is 5.97. The molecular formula is C13H14O. The van der Waals surface area contributed by atoms with Gasteiger partial charge < -0.3 is 4.74 Å². The Morgan fingerprint density at radius 2 is 2.07 bits per heavy atom. The number of ether oxygens (including phenoxy) is 1. The van der Waals surface area contributed by atoms with E-state index in [1.165, 1.54) is 17.5 Å². The van der Waals surface area contributed by atoms with Crippen molar-refractivity contribution in [2.24, 2.45) is 0 Å². The molecule has 1 aliphatic carbocycles. The molecule has 1 heteroatoms. The zero-order valence-corrected chi connectivity index (χ0v) is 8.20. The quantitative estimate of drug-likeness (QED) is 0.566. The van der Waals surface area contributed by atoms with E-state index in [0.717, 1.165) is 19.4 Å². The van der Waals surface area contributed by atoms with Gasteiger partial charge >= 0.3 is 0 Å². The third-order valence-corrected chi connectivity index (χ3v) is 3.38. The first-order valence-corrected chi connectivity index (χ1v) is 5.28. The van der Waals surface area contributed by atoms with Crippen LogP contribution in [-0.4, -0.2) is 6.61 Å². The van der Waals surface area contributed by atoms with Gasteiger partial charge in [-0.25, -0.2) is 0 Å². The molecule has 0 radical (unpaired) electrons. The normalized spacial score (nSPS) is 29.4. The molecule has 2 aliphatic rings. The summed E-state index contributed by atoms with van der Waals surface area (Å²) in [6.07, 6.45) is 7.74. The van der Waals surface area contributed by atoms with Gasteiger partial charge in [0, 0.05) is 0 Å². The van der Waals surface area contributed by atoms with E-state index in [1.807, 2.05) is 0 Å². The van der Waals surface area contributed by atoms with Gasteiger partial charge in [-0.3, -0.25) is 0 Å². The molecule has 1 aromatic carbocycles. The Balaban J connectivity index is 2.08. The highest BCUT2D eigenvalue weighted by atomic mass is 16.5. The van der Waals surface area contributed by atoms with Gasteiger partial charge in [-0.1, -0.05) is 36.4 Å². The van der Waals surface area contributed by atoms with Crippen molar-refractivity contribution in [1.82, 2.24) is 0 Å². The van der Waals surface area contributed by atoms with Crippen LogP contribution in [-0.2, 0) is 16.8 Å². The molecule has 0 fully saturated rings. The van der Waals surface area contributed by atoms with Crippen molar-refractivity contribution >= 4 is 0 Å². The van der Waals surface area contributed by atoms with Crippen LogP contribution in [0, 0.1) is 0 Å². The molecule has 0 saturated carbocycles. The summed E-state index contributed by atoms with van der Waals surface area (Å²) in [5, 5.41) is 0. The molecule has 3 rings (SSSR count). The summed E-state index contributed by atoms with van der Waals surface area (Å²) in [4.78, 5) is 0. The van der Waals surface area contributed by atoms with Crippen LogP contribution in [0.3, 0.4) is 0 Å². The maximum absolute atomic E-state index is 5.97. The largest absolute Gasteiger partial charge is 0.366 e. The second-order valence-corrected chi connectivity index (χ2v) is 4.14. The molecule has 1 heterocycles. The summed E-state index contributed by atoms with van der Waals surface area (Å²) in [7, 11) is 0. The summed E-state index contributed by atoms with van der Waals surface area (Å²) in [5.41, 5.74) is 2.91. The maximum atomic E-state index is 5.97. The first kappa shape index (κ1) is 8.25. The van der Waals surface area contributed by atoms with Crippen molar-refractivity contribution in [3.8, 4) is 0 Å².